The Morgan fingerprint density at radius 3 is 3.09 bits per heavy atom. The Bertz CT molecular complexity index is 218. The molecule has 1 rings (SSSR count). The lowest BCUT2D eigenvalue weighted by atomic mass is 10.3. The molecule has 0 aliphatic rings. The molecule has 0 amide bonds. The van der Waals surface area contributed by atoms with E-state index in [4.69, 9.17) is 5.73 Å². The van der Waals surface area contributed by atoms with E-state index in [0.29, 0.717) is 5.11 Å². The maximum absolute atomic E-state index is 5.26. The third-order valence-corrected chi connectivity index (χ3v) is 2.33. The molecule has 1 aromatic heterocycles. The zero-order chi connectivity index (χ0) is 8.10. The molecule has 0 unspecified atom stereocenters. The van der Waals surface area contributed by atoms with E-state index in [1.54, 1.807) is 11.3 Å². The van der Waals surface area contributed by atoms with Crippen LogP contribution in [0.4, 0.5) is 0 Å². The monoisotopic (exact) mass is 186 g/mol. The first kappa shape index (κ1) is 8.49. The second-order valence-corrected chi connectivity index (χ2v) is 3.59. The molecule has 0 atom stereocenters. The normalized spacial score (nSPS) is 9.45. The van der Waals surface area contributed by atoms with E-state index in [0.717, 1.165) is 13.0 Å². The van der Waals surface area contributed by atoms with Crippen LogP contribution in [0.1, 0.15) is 4.88 Å². The molecule has 0 spiro atoms. The SMILES string of the molecule is NC(=S)NCCc1cccs1. The summed E-state index contributed by atoms with van der Waals surface area (Å²) in [6.07, 6.45) is 0.995. The molecule has 11 heavy (non-hydrogen) atoms. The highest BCUT2D eigenvalue weighted by Gasteiger charge is 1.92. The van der Waals surface area contributed by atoms with Crippen molar-refractivity contribution in [2.24, 2.45) is 5.73 Å². The van der Waals surface area contributed by atoms with Gasteiger partial charge in [-0.15, -0.1) is 11.3 Å². The van der Waals surface area contributed by atoms with Gasteiger partial charge in [0.15, 0.2) is 5.11 Å². The van der Waals surface area contributed by atoms with Crippen molar-refractivity contribution in [3.63, 3.8) is 0 Å². The number of thiocarbonyl (C=S) groups is 1. The van der Waals surface area contributed by atoms with Gasteiger partial charge >= 0.3 is 0 Å². The van der Waals surface area contributed by atoms with Crippen LogP contribution in [0.15, 0.2) is 17.5 Å². The van der Waals surface area contributed by atoms with Crippen LogP contribution in [0.25, 0.3) is 0 Å². The molecule has 4 heteroatoms. The van der Waals surface area contributed by atoms with Gasteiger partial charge in [-0.25, -0.2) is 0 Å². The Kier molecular flexibility index (Phi) is 3.32. The van der Waals surface area contributed by atoms with Crippen molar-refractivity contribution in [2.45, 2.75) is 6.42 Å². The molecular formula is C7H10N2S2. The molecule has 0 saturated heterocycles. The number of nitrogens with two attached hydrogens (primary N) is 1. The van der Waals surface area contributed by atoms with Crippen LogP contribution in [-0.2, 0) is 6.42 Å². The zero-order valence-corrected chi connectivity index (χ0v) is 7.67. The second-order valence-electron chi connectivity index (χ2n) is 2.12. The smallest absolute Gasteiger partial charge is 0.163 e. The van der Waals surface area contributed by atoms with Crippen LogP contribution in [-0.4, -0.2) is 11.7 Å². The molecule has 3 N–H and O–H groups in total. The molecule has 0 fully saturated rings. The molecular weight excluding hydrogens is 176 g/mol. The van der Waals surface area contributed by atoms with Crippen molar-refractivity contribution in [3.05, 3.63) is 22.4 Å². The molecule has 2 nitrogen and oxygen atoms in total. The number of hydrogen-bond donors (Lipinski definition) is 2. The van der Waals surface area contributed by atoms with E-state index < -0.39 is 0 Å². The van der Waals surface area contributed by atoms with Gasteiger partial charge < -0.3 is 11.1 Å². The van der Waals surface area contributed by atoms with E-state index >= 15 is 0 Å². The summed E-state index contributed by atoms with van der Waals surface area (Å²) in [5, 5.41) is 5.34. The quantitative estimate of drug-likeness (QED) is 0.695. The summed E-state index contributed by atoms with van der Waals surface area (Å²) in [7, 11) is 0. The fraction of sp³-hybridized carbons (Fsp3) is 0.286. The number of rotatable bonds is 3. The van der Waals surface area contributed by atoms with Gasteiger partial charge in [-0.3, -0.25) is 0 Å². The Balaban J connectivity index is 2.19. The lowest BCUT2D eigenvalue weighted by Crippen LogP contribution is -2.30. The molecule has 0 bridgehead atoms. The lowest BCUT2D eigenvalue weighted by molar-refractivity contribution is 0.881. The van der Waals surface area contributed by atoms with E-state index in [-0.39, 0.29) is 0 Å². The fourth-order valence-electron chi connectivity index (χ4n) is 0.764. The third kappa shape index (κ3) is 3.34. The standard InChI is InChI=1S/C7H10N2S2/c8-7(10)9-4-3-6-2-1-5-11-6/h1-2,5H,3-4H2,(H3,8,9,10). The van der Waals surface area contributed by atoms with Gasteiger partial charge in [-0.1, -0.05) is 6.07 Å². The summed E-state index contributed by atoms with van der Waals surface area (Å²) in [6.45, 7) is 0.829. The van der Waals surface area contributed by atoms with Gasteiger partial charge in [0.1, 0.15) is 0 Å². The average molecular weight is 186 g/mol. The fourth-order valence-corrected chi connectivity index (χ4v) is 1.57. The summed E-state index contributed by atoms with van der Waals surface area (Å²) in [5.41, 5.74) is 5.26. The average Bonchev–Trinajstić information content (AvgIpc) is 2.39. The van der Waals surface area contributed by atoms with Gasteiger partial charge in [-0.2, -0.15) is 0 Å². The van der Waals surface area contributed by atoms with E-state index in [2.05, 4.69) is 29.0 Å². The zero-order valence-electron chi connectivity index (χ0n) is 6.04. The minimum absolute atomic E-state index is 0.376. The van der Waals surface area contributed by atoms with Crippen molar-refractivity contribution < 1.29 is 0 Å². The van der Waals surface area contributed by atoms with Crippen LogP contribution in [0, 0.1) is 0 Å². The van der Waals surface area contributed by atoms with E-state index in [9.17, 15) is 0 Å². The van der Waals surface area contributed by atoms with Gasteiger partial charge in [0.05, 0.1) is 0 Å². The van der Waals surface area contributed by atoms with Gasteiger partial charge in [-0.05, 0) is 30.1 Å². The minimum Gasteiger partial charge on any atom is -0.376 e. The first-order valence-corrected chi connectivity index (χ1v) is 4.63. The minimum atomic E-state index is 0.376. The third-order valence-electron chi connectivity index (χ3n) is 1.25. The van der Waals surface area contributed by atoms with E-state index in [1.165, 1.54) is 4.88 Å². The highest BCUT2D eigenvalue weighted by atomic mass is 32.1. The molecule has 60 valence electrons. The molecule has 0 aliphatic heterocycles. The first-order valence-electron chi connectivity index (χ1n) is 3.35. The summed E-state index contributed by atoms with van der Waals surface area (Å²) in [6, 6.07) is 4.15. The predicted octanol–water partition coefficient (Wildman–Crippen LogP) is 1.12. The topological polar surface area (TPSA) is 38.0 Å². The number of thiophene rings is 1. The van der Waals surface area contributed by atoms with Gasteiger partial charge in [0, 0.05) is 11.4 Å². The lowest BCUT2D eigenvalue weighted by Gasteiger charge is -2.00. The van der Waals surface area contributed by atoms with Crippen molar-refractivity contribution in [3.8, 4) is 0 Å². The van der Waals surface area contributed by atoms with Crippen LogP contribution in [0.2, 0.25) is 0 Å². The first-order chi connectivity index (χ1) is 5.29. The molecule has 1 aromatic rings. The van der Waals surface area contributed by atoms with Crippen LogP contribution in [0.3, 0.4) is 0 Å². The molecule has 0 aromatic carbocycles. The Hall–Kier alpha value is -0.610. The molecule has 0 saturated carbocycles. The maximum Gasteiger partial charge on any atom is 0.163 e. The number of hydrogen-bond acceptors (Lipinski definition) is 2. The summed E-state index contributed by atoms with van der Waals surface area (Å²) in [5.74, 6) is 0. The molecule has 0 aliphatic carbocycles. The molecule has 1 heterocycles. The number of nitrogens with one attached hydrogen (secondary N) is 1. The predicted molar refractivity (Wildman–Crippen MR) is 52.8 cm³/mol. The van der Waals surface area contributed by atoms with Crippen LogP contribution in [0.5, 0.6) is 0 Å². The highest BCUT2D eigenvalue weighted by molar-refractivity contribution is 7.80. The largest absolute Gasteiger partial charge is 0.376 e. The summed E-state index contributed by atoms with van der Waals surface area (Å²) >= 11 is 6.41. The van der Waals surface area contributed by atoms with E-state index in [1.807, 2.05) is 6.07 Å². The summed E-state index contributed by atoms with van der Waals surface area (Å²) in [4.78, 5) is 1.36. The van der Waals surface area contributed by atoms with Gasteiger partial charge in [0.2, 0.25) is 0 Å². The Morgan fingerprint density at radius 1 is 1.73 bits per heavy atom. The van der Waals surface area contributed by atoms with Gasteiger partial charge in [0.25, 0.3) is 0 Å². The summed E-state index contributed by atoms with van der Waals surface area (Å²) < 4.78 is 0. The van der Waals surface area contributed by atoms with Crippen molar-refractivity contribution >= 4 is 28.7 Å². The highest BCUT2D eigenvalue weighted by Crippen LogP contribution is 2.07. The van der Waals surface area contributed by atoms with Crippen LogP contribution < -0.4 is 11.1 Å². The van der Waals surface area contributed by atoms with Crippen molar-refractivity contribution in [1.29, 1.82) is 0 Å². The maximum atomic E-state index is 5.26. The Morgan fingerprint density at radius 2 is 2.55 bits per heavy atom. The molecule has 0 radical (unpaired) electrons. The van der Waals surface area contributed by atoms with Crippen molar-refractivity contribution in [1.82, 2.24) is 5.32 Å². The second kappa shape index (κ2) is 4.31. The Labute approximate surface area is 75.4 Å². The van der Waals surface area contributed by atoms with Crippen molar-refractivity contribution in [2.75, 3.05) is 6.54 Å². The van der Waals surface area contributed by atoms with Crippen LogP contribution >= 0.6 is 23.6 Å².